The van der Waals surface area contributed by atoms with E-state index in [9.17, 15) is 4.79 Å². The van der Waals surface area contributed by atoms with Crippen LogP contribution in [0.4, 0.5) is 0 Å². The molecule has 4 heteroatoms. The molecule has 1 aromatic rings. The summed E-state index contributed by atoms with van der Waals surface area (Å²) in [6.45, 7) is 11.2. The number of unbranched alkanes of at least 4 members (excludes halogenated alkanes) is 15. The highest BCUT2D eigenvalue weighted by Crippen LogP contribution is 2.34. The van der Waals surface area contributed by atoms with Gasteiger partial charge in [-0.15, -0.1) is 0 Å². The second kappa shape index (κ2) is 18.5. The molecule has 0 bridgehead atoms. The number of nitrogens with one attached hydrogen (secondary N) is 1. The van der Waals surface area contributed by atoms with Crippen LogP contribution in [0.15, 0.2) is 0 Å². The molecular formula is C29H50INO2. The standard InChI is InChI=1S/C29H50INO2/c1-6-7-8-9-10-11-12-13-14-15-16-17-18-19-20-21-22-31-29(32)27-25(4)23(2)24(3)26(5)28(27)33-30/h6-22H2,1-5H3,(H,31,32). The van der Waals surface area contributed by atoms with E-state index in [0.717, 1.165) is 24.1 Å². The Morgan fingerprint density at radius 2 is 1.03 bits per heavy atom. The Balaban J connectivity index is 2.07. The molecule has 1 aromatic carbocycles. The summed E-state index contributed by atoms with van der Waals surface area (Å²) in [6.07, 6.45) is 21.8. The molecule has 3 nitrogen and oxygen atoms in total. The molecule has 1 amide bonds. The highest BCUT2D eigenvalue weighted by atomic mass is 127. The molecule has 1 rings (SSSR count). The number of hydrogen-bond donors (Lipinski definition) is 1. The highest BCUT2D eigenvalue weighted by Gasteiger charge is 2.21. The summed E-state index contributed by atoms with van der Waals surface area (Å²) in [5, 5.41) is 3.12. The largest absolute Gasteiger partial charge is 0.427 e. The van der Waals surface area contributed by atoms with Gasteiger partial charge in [0, 0.05) is 6.54 Å². The summed E-state index contributed by atoms with van der Waals surface area (Å²) in [7, 11) is 0. The van der Waals surface area contributed by atoms with Crippen molar-refractivity contribution in [2.75, 3.05) is 6.54 Å². The van der Waals surface area contributed by atoms with Crippen molar-refractivity contribution in [2.45, 2.75) is 137 Å². The van der Waals surface area contributed by atoms with Crippen molar-refractivity contribution in [1.29, 1.82) is 0 Å². The van der Waals surface area contributed by atoms with Crippen LogP contribution in [0.25, 0.3) is 0 Å². The van der Waals surface area contributed by atoms with E-state index in [1.54, 1.807) is 0 Å². The van der Waals surface area contributed by atoms with Crippen LogP contribution in [-0.4, -0.2) is 12.5 Å². The Morgan fingerprint density at radius 3 is 1.45 bits per heavy atom. The summed E-state index contributed by atoms with van der Waals surface area (Å²) in [5.41, 5.74) is 5.15. The van der Waals surface area contributed by atoms with Crippen molar-refractivity contribution in [2.24, 2.45) is 0 Å². The predicted molar refractivity (Wildman–Crippen MR) is 152 cm³/mol. The predicted octanol–water partition coefficient (Wildman–Crippen LogP) is 9.64. The number of amides is 1. The van der Waals surface area contributed by atoms with Crippen molar-refractivity contribution in [3.8, 4) is 5.75 Å². The normalized spacial score (nSPS) is 11.1. The maximum absolute atomic E-state index is 12.8. The second-order valence-corrected chi connectivity index (χ2v) is 10.3. The maximum atomic E-state index is 12.8. The van der Waals surface area contributed by atoms with E-state index in [2.05, 4.69) is 26.1 Å². The Kier molecular flexibility index (Phi) is 17.0. The van der Waals surface area contributed by atoms with Crippen LogP contribution in [0.2, 0.25) is 0 Å². The molecule has 190 valence electrons. The van der Waals surface area contributed by atoms with Gasteiger partial charge < -0.3 is 8.38 Å². The molecule has 0 heterocycles. The maximum Gasteiger partial charge on any atom is 0.255 e. The summed E-state index contributed by atoms with van der Waals surface area (Å²) in [4.78, 5) is 12.8. The average Bonchev–Trinajstić information content (AvgIpc) is 2.81. The SMILES string of the molecule is CCCCCCCCCCCCCCCCCCNC(=O)c1c(C)c(C)c(C)c(C)c1OI. The lowest BCUT2D eigenvalue weighted by molar-refractivity contribution is 0.0951. The van der Waals surface area contributed by atoms with E-state index < -0.39 is 0 Å². The van der Waals surface area contributed by atoms with Crippen molar-refractivity contribution in [3.05, 3.63) is 27.8 Å². The summed E-state index contributed by atoms with van der Waals surface area (Å²) < 4.78 is 5.56. The van der Waals surface area contributed by atoms with Crippen LogP contribution < -0.4 is 8.38 Å². The molecular weight excluding hydrogens is 521 g/mol. The first-order chi connectivity index (χ1) is 16.0. The second-order valence-electron chi connectivity index (χ2n) is 9.84. The van der Waals surface area contributed by atoms with Crippen LogP contribution in [-0.2, 0) is 0 Å². The Hall–Kier alpha value is -0.780. The van der Waals surface area contributed by atoms with Gasteiger partial charge in [0.2, 0.25) is 0 Å². The van der Waals surface area contributed by atoms with Crippen LogP contribution in [0.3, 0.4) is 0 Å². The molecule has 0 spiro atoms. The molecule has 0 unspecified atom stereocenters. The van der Waals surface area contributed by atoms with Gasteiger partial charge in [-0.1, -0.05) is 103 Å². The van der Waals surface area contributed by atoms with Crippen LogP contribution in [0.5, 0.6) is 5.75 Å². The van der Waals surface area contributed by atoms with Gasteiger partial charge in [-0.3, -0.25) is 4.79 Å². The van der Waals surface area contributed by atoms with Crippen LogP contribution >= 0.6 is 23.0 Å². The Bertz CT molecular complexity index is 687. The van der Waals surface area contributed by atoms with Gasteiger partial charge in [0.05, 0.1) is 5.56 Å². The molecule has 0 saturated carbocycles. The zero-order valence-corrected chi connectivity index (χ0v) is 24.4. The highest BCUT2D eigenvalue weighted by molar-refractivity contribution is 14.1. The fourth-order valence-corrected chi connectivity index (χ4v) is 5.16. The van der Waals surface area contributed by atoms with Gasteiger partial charge >= 0.3 is 0 Å². The third kappa shape index (κ3) is 11.5. The summed E-state index contributed by atoms with van der Waals surface area (Å²) >= 11 is 1.89. The molecule has 0 atom stereocenters. The van der Waals surface area contributed by atoms with E-state index in [4.69, 9.17) is 3.07 Å². The van der Waals surface area contributed by atoms with Gasteiger partial charge in [0.15, 0.2) is 23.0 Å². The zero-order chi connectivity index (χ0) is 24.5. The third-order valence-corrected chi connectivity index (χ3v) is 7.69. The minimum Gasteiger partial charge on any atom is -0.427 e. The number of carbonyl (C=O) groups is 1. The lowest BCUT2D eigenvalue weighted by atomic mass is 9.93. The molecule has 0 aromatic heterocycles. The van der Waals surface area contributed by atoms with Crippen LogP contribution in [0.1, 0.15) is 142 Å². The molecule has 0 fully saturated rings. The molecule has 0 radical (unpaired) electrons. The first-order valence-electron chi connectivity index (χ1n) is 13.6. The number of carbonyl (C=O) groups excluding carboxylic acids is 1. The summed E-state index contributed by atoms with van der Waals surface area (Å²) in [5.74, 6) is 0.701. The van der Waals surface area contributed by atoms with Crippen molar-refractivity contribution in [1.82, 2.24) is 5.32 Å². The third-order valence-electron chi connectivity index (χ3n) is 7.25. The van der Waals surface area contributed by atoms with Gasteiger partial charge in [0.1, 0.15) is 5.75 Å². The molecule has 0 aliphatic heterocycles. The number of rotatable bonds is 19. The summed E-state index contributed by atoms with van der Waals surface area (Å²) in [6, 6.07) is 0. The van der Waals surface area contributed by atoms with Crippen molar-refractivity contribution in [3.63, 3.8) is 0 Å². The first kappa shape index (κ1) is 30.3. The van der Waals surface area contributed by atoms with E-state index in [0.29, 0.717) is 11.3 Å². The van der Waals surface area contributed by atoms with E-state index in [1.165, 1.54) is 107 Å². The quantitative estimate of drug-likeness (QED) is 0.133. The van der Waals surface area contributed by atoms with Crippen molar-refractivity contribution >= 4 is 28.9 Å². The molecule has 1 N–H and O–H groups in total. The average molecular weight is 572 g/mol. The minimum absolute atomic E-state index is 0.00803. The van der Waals surface area contributed by atoms with Gasteiger partial charge in [-0.25, -0.2) is 0 Å². The topological polar surface area (TPSA) is 38.3 Å². The molecule has 33 heavy (non-hydrogen) atoms. The fraction of sp³-hybridized carbons (Fsp3) is 0.759. The van der Waals surface area contributed by atoms with Gasteiger partial charge in [-0.2, -0.15) is 0 Å². The van der Waals surface area contributed by atoms with E-state index in [1.807, 2.05) is 36.9 Å². The molecule has 0 aliphatic carbocycles. The molecule has 0 saturated heterocycles. The smallest absolute Gasteiger partial charge is 0.255 e. The minimum atomic E-state index is -0.00803. The van der Waals surface area contributed by atoms with Gasteiger partial charge in [-0.05, 0) is 56.4 Å². The van der Waals surface area contributed by atoms with Crippen molar-refractivity contribution < 1.29 is 7.86 Å². The lowest BCUT2D eigenvalue weighted by Gasteiger charge is -2.18. The van der Waals surface area contributed by atoms with Crippen LogP contribution in [0, 0.1) is 27.7 Å². The number of hydrogen-bond acceptors (Lipinski definition) is 2. The zero-order valence-electron chi connectivity index (χ0n) is 22.2. The first-order valence-corrected chi connectivity index (χ1v) is 14.5. The van der Waals surface area contributed by atoms with E-state index >= 15 is 0 Å². The lowest BCUT2D eigenvalue weighted by Crippen LogP contribution is -2.26. The Labute approximate surface area is 218 Å². The molecule has 0 aliphatic rings. The number of benzene rings is 1. The Morgan fingerprint density at radius 1 is 0.636 bits per heavy atom. The van der Waals surface area contributed by atoms with Gasteiger partial charge in [0.25, 0.3) is 5.91 Å². The number of halogens is 1. The monoisotopic (exact) mass is 571 g/mol. The fourth-order valence-electron chi connectivity index (χ4n) is 4.61. The van der Waals surface area contributed by atoms with E-state index in [-0.39, 0.29) is 5.91 Å².